The maximum atomic E-state index is 10.5. The Hall–Kier alpha value is -1.36. The maximum Gasteiger partial charge on any atom is 0.289 e. The second-order valence-electron chi connectivity index (χ2n) is 4.49. The van der Waals surface area contributed by atoms with Crippen LogP contribution in [0.4, 0.5) is 11.5 Å². The summed E-state index contributed by atoms with van der Waals surface area (Å²) in [5, 5.41) is 14.0. The van der Waals surface area contributed by atoms with Crippen molar-refractivity contribution in [3.63, 3.8) is 0 Å². The van der Waals surface area contributed by atoms with Gasteiger partial charge in [0.15, 0.2) is 0 Å². The quantitative estimate of drug-likeness (QED) is 0.648. The van der Waals surface area contributed by atoms with Gasteiger partial charge in [0.25, 0.3) is 5.69 Å². The maximum absolute atomic E-state index is 10.5. The van der Waals surface area contributed by atoms with Crippen molar-refractivity contribution in [2.45, 2.75) is 26.2 Å². The molecule has 17 heavy (non-hydrogen) atoms. The van der Waals surface area contributed by atoms with E-state index in [0.29, 0.717) is 16.3 Å². The summed E-state index contributed by atoms with van der Waals surface area (Å²) in [6, 6.07) is 1.32. The van der Waals surface area contributed by atoms with Crippen LogP contribution in [0.3, 0.4) is 0 Å². The van der Waals surface area contributed by atoms with E-state index in [1.807, 2.05) is 0 Å². The number of rotatable bonds is 5. The van der Waals surface area contributed by atoms with Crippen molar-refractivity contribution in [3.8, 4) is 0 Å². The third-order valence-corrected chi connectivity index (χ3v) is 3.66. The lowest BCUT2D eigenvalue weighted by Gasteiger charge is -2.14. The second-order valence-corrected chi connectivity index (χ2v) is 4.90. The van der Waals surface area contributed by atoms with E-state index in [4.69, 9.17) is 11.6 Å². The lowest BCUT2D eigenvalue weighted by Crippen LogP contribution is -2.15. The topological polar surface area (TPSA) is 68.1 Å². The third-order valence-electron chi connectivity index (χ3n) is 3.38. The summed E-state index contributed by atoms with van der Waals surface area (Å²) < 4.78 is 0. The summed E-state index contributed by atoms with van der Waals surface area (Å²) in [6.07, 6.45) is 4.80. The van der Waals surface area contributed by atoms with Crippen LogP contribution in [0.1, 0.15) is 26.2 Å². The highest BCUT2D eigenvalue weighted by Crippen LogP contribution is 2.48. The standard InChI is InChI=1S/C11H14ClN3O2/c1-2-11(3-4-11)7-14-10-9(12)5-8(6-13-10)15(16)17/h5-6H,2-4,7H2,1H3,(H,13,14). The van der Waals surface area contributed by atoms with Crippen LogP contribution < -0.4 is 5.32 Å². The monoisotopic (exact) mass is 255 g/mol. The molecule has 1 aromatic rings. The SMILES string of the molecule is CCC1(CNc2ncc([N+](=O)[O-])cc2Cl)CC1. The van der Waals surface area contributed by atoms with E-state index in [2.05, 4.69) is 17.2 Å². The summed E-state index contributed by atoms with van der Waals surface area (Å²) in [5.74, 6) is 0.525. The predicted molar refractivity (Wildman–Crippen MR) is 66.3 cm³/mol. The van der Waals surface area contributed by atoms with Gasteiger partial charge in [-0.2, -0.15) is 0 Å². The first-order valence-corrected chi connectivity index (χ1v) is 5.98. The summed E-state index contributed by atoms with van der Waals surface area (Å²) in [5.41, 5.74) is 0.296. The van der Waals surface area contributed by atoms with Gasteiger partial charge in [-0.3, -0.25) is 10.1 Å². The van der Waals surface area contributed by atoms with Crippen LogP contribution in [0.2, 0.25) is 5.02 Å². The first kappa shape index (κ1) is 12.1. The number of hydrogen-bond acceptors (Lipinski definition) is 4. The van der Waals surface area contributed by atoms with Crippen LogP contribution in [0, 0.1) is 15.5 Å². The van der Waals surface area contributed by atoms with Gasteiger partial charge in [-0.05, 0) is 24.7 Å². The first-order chi connectivity index (χ1) is 8.06. The molecule has 0 radical (unpaired) electrons. The largest absolute Gasteiger partial charge is 0.368 e. The second kappa shape index (κ2) is 4.49. The molecule has 5 nitrogen and oxygen atoms in total. The molecule has 1 N–H and O–H groups in total. The molecule has 1 aliphatic carbocycles. The molecule has 92 valence electrons. The van der Waals surface area contributed by atoms with Crippen LogP contribution in [0.25, 0.3) is 0 Å². The zero-order chi connectivity index (χ0) is 12.5. The fraction of sp³-hybridized carbons (Fsp3) is 0.545. The number of aromatic nitrogens is 1. The molecule has 1 heterocycles. The molecule has 0 unspecified atom stereocenters. The van der Waals surface area contributed by atoms with Gasteiger partial charge in [0.05, 0.1) is 9.95 Å². The summed E-state index contributed by atoms with van der Waals surface area (Å²) in [7, 11) is 0. The normalized spacial score (nSPS) is 16.6. The Balaban J connectivity index is 2.04. The Morgan fingerprint density at radius 1 is 1.65 bits per heavy atom. The fourth-order valence-electron chi connectivity index (χ4n) is 1.76. The van der Waals surface area contributed by atoms with Gasteiger partial charge >= 0.3 is 0 Å². The number of anilines is 1. The minimum absolute atomic E-state index is 0.0859. The van der Waals surface area contributed by atoms with Crippen molar-refractivity contribution < 1.29 is 4.92 Å². The number of hydrogen-bond donors (Lipinski definition) is 1. The molecule has 6 heteroatoms. The highest BCUT2D eigenvalue weighted by atomic mass is 35.5. The van der Waals surface area contributed by atoms with Crippen molar-refractivity contribution in [2.24, 2.45) is 5.41 Å². The molecule has 0 spiro atoms. The van der Waals surface area contributed by atoms with E-state index in [-0.39, 0.29) is 5.69 Å². The predicted octanol–water partition coefficient (Wildman–Crippen LogP) is 3.25. The van der Waals surface area contributed by atoms with Crippen LogP contribution >= 0.6 is 11.6 Å². The van der Waals surface area contributed by atoms with Crippen molar-refractivity contribution in [1.29, 1.82) is 0 Å². The molecule has 0 amide bonds. The number of nitrogens with zero attached hydrogens (tertiary/aromatic N) is 2. The van der Waals surface area contributed by atoms with Crippen LogP contribution in [0.5, 0.6) is 0 Å². The minimum Gasteiger partial charge on any atom is -0.368 e. The van der Waals surface area contributed by atoms with E-state index < -0.39 is 4.92 Å². The molecular formula is C11H14ClN3O2. The highest BCUT2D eigenvalue weighted by Gasteiger charge is 2.40. The van der Waals surface area contributed by atoms with Crippen LogP contribution in [0.15, 0.2) is 12.3 Å². The average molecular weight is 256 g/mol. The summed E-state index contributed by atoms with van der Waals surface area (Å²) in [4.78, 5) is 14.0. The lowest BCUT2D eigenvalue weighted by atomic mass is 10.0. The lowest BCUT2D eigenvalue weighted by molar-refractivity contribution is -0.385. The zero-order valence-corrected chi connectivity index (χ0v) is 10.3. The summed E-state index contributed by atoms with van der Waals surface area (Å²) >= 11 is 5.94. The van der Waals surface area contributed by atoms with Gasteiger partial charge in [0.1, 0.15) is 12.0 Å². The van der Waals surface area contributed by atoms with E-state index in [0.717, 1.165) is 13.0 Å². The van der Waals surface area contributed by atoms with Crippen molar-refractivity contribution in [3.05, 3.63) is 27.4 Å². The van der Waals surface area contributed by atoms with Gasteiger partial charge < -0.3 is 5.32 Å². The average Bonchev–Trinajstić information content (AvgIpc) is 3.08. The van der Waals surface area contributed by atoms with Crippen molar-refractivity contribution in [2.75, 3.05) is 11.9 Å². The van der Waals surface area contributed by atoms with Gasteiger partial charge in [-0.25, -0.2) is 4.98 Å². The number of nitro groups is 1. The Morgan fingerprint density at radius 3 is 2.82 bits per heavy atom. The molecule has 1 aromatic heterocycles. The van der Waals surface area contributed by atoms with Gasteiger partial charge in [-0.15, -0.1) is 0 Å². The molecule has 0 atom stereocenters. The molecule has 0 aliphatic heterocycles. The van der Waals surface area contributed by atoms with E-state index in [9.17, 15) is 10.1 Å². The molecule has 0 bridgehead atoms. The Kier molecular flexibility index (Phi) is 3.19. The van der Waals surface area contributed by atoms with Gasteiger partial charge in [0.2, 0.25) is 0 Å². The van der Waals surface area contributed by atoms with Crippen molar-refractivity contribution >= 4 is 23.1 Å². The first-order valence-electron chi connectivity index (χ1n) is 5.60. The van der Waals surface area contributed by atoms with E-state index >= 15 is 0 Å². The molecule has 1 fully saturated rings. The van der Waals surface area contributed by atoms with Crippen LogP contribution in [-0.4, -0.2) is 16.5 Å². The van der Waals surface area contributed by atoms with Crippen LogP contribution in [-0.2, 0) is 0 Å². The summed E-state index contributed by atoms with van der Waals surface area (Å²) in [6.45, 7) is 2.99. The number of halogens is 1. The molecule has 0 saturated heterocycles. The van der Waals surface area contributed by atoms with Gasteiger partial charge in [0, 0.05) is 12.6 Å². The van der Waals surface area contributed by atoms with Crippen molar-refractivity contribution in [1.82, 2.24) is 4.98 Å². The minimum atomic E-state index is -0.503. The van der Waals surface area contributed by atoms with E-state index in [1.54, 1.807) is 0 Å². The molecular weight excluding hydrogens is 242 g/mol. The molecule has 0 aromatic carbocycles. The van der Waals surface area contributed by atoms with E-state index in [1.165, 1.54) is 25.1 Å². The molecule has 1 saturated carbocycles. The number of pyridine rings is 1. The zero-order valence-electron chi connectivity index (χ0n) is 9.57. The molecule has 1 aliphatic rings. The fourth-order valence-corrected chi connectivity index (χ4v) is 1.99. The smallest absolute Gasteiger partial charge is 0.289 e. The third kappa shape index (κ3) is 2.66. The number of nitrogens with one attached hydrogen (secondary N) is 1. The Labute approximate surface area is 104 Å². The highest BCUT2D eigenvalue weighted by molar-refractivity contribution is 6.33. The van der Waals surface area contributed by atoms with Gasteiger partial charge in [-0.1, -0.05) is 18.5 Å². The Bertz CT molecular complexity index is 446. The Morgan fingerprint density at radius 2 is 2.35 bits per heavy atom. The molecule has 2 rings (SSSR count).